The van der Waals surface area contributed by atoms with Crippen LogP contribution in [0.2, 0.25) is 0 Å². The summed E-state index contributed by atoms with van der Waals surface area (Å²) >= 11 is 0. The van der Waals surface area contributed by atoms with Crippen molar-refractivity contribution >= 4 is 289 Å². The summed E-state index contributed by atoms with van der Waals surface area (Å²) in [5.41, 5.74) is 0. The molecular weight excluding hydrogens is 1960 g/mol. The van der Waals surface area contributed by atoms with E-state index < -0.39 is 82.5 Å². The van der Waals surface area contributed by atoms with E-state index in [1.165, 1.54) is 0 Å². The molecule has 0 spiro atoms. The van der Waals surface area contributed by atoms with E-state index in [1.54, 1.807) is 0 Å². The Balaban J connectivity index is -0.0000000102. The molecule has 0 rings (SSSR count). The molecule has 0 aromatic heterocycles. The van der Waals surface area contributed by atoms with Crippen LogP contribution in [0.15, 0.2) is 0 Å². The van der Waals surface area contributed by atoms with E-state index in [2.05, 4.69) is 0 Å². The summed E-state index contributed by atoms with van der Waals surface area (Å²) in [4.78, 5) is 153. The molecule has 0 aliphatic carbocycles. The Labute approximate surface area is 502 Å². The Morgan fingerprint density at radius 2 is 0.217 bits per heavy atom. The second-order valence-corrected chi connectivity index (χ2v) is 6.75. The summed E-state index contributed by atoms with van der Waals surface area (Å²) < 4.78 is 76.7. The van der Waals surface area contributed by atoms with Crippen LogP contribution in [0.4, 0.5) is 0 Å². The quantitative estimate of drug-likeness (QED) is 0.203. The predicted molar refractivity (Wildman–Crippen MR) is 92.5 cm³/mol. The second kappa shape index (κ2) is 117. The molecule has 0 saturated carbocycles. The van der Waals surface area contributed by atoms with Crippen molar-refractivity contribution in [2.75, 3.05) is 0 Å². The number of hydrogen-bond acceptors (Lipinski definition) is 27. The molecule has 46 heavy (non-hydrogen) atoms. The van der Waals surface area contributed by atoms with Crippen molar-refractivity contribution in [2.24, 2.45) is 0 Å². The fourth-order valence-electron chi connectivity index (χ4n) is 0. The van der Waals surface area contributed by atoms with Crippen LogP contribution in [-0.4, -0.2) is 289 Å². The van der Waals surface area contributed by atoms with Crippen LogP contribution >= 0.6 is 0 Å². The first-order chi connectivity index (χ1) is 15.6. The topological polar surface area (TPSA) is 569 Å². The van der Waals surface area contributed by atoms with Crippen molar-refractivity contribution in [1.29, 1.82) is 0 Å². The SMILES string of the molecule is O=[Si]([O-])[O-].O=[Si]([O-])[O-].O=[Si]([O-])[O-].O=[Si]([O-])[O-].O=[Si]([O-])[O-].O=[Si]([O-])[O-].O=[Si]([O-])[O-].O=[Si]([O-])[O-].O=[Si]([O-])[O-].[Ba+2].[Ba+2].[Na+].[Na+].[Pb+2].[Pb+2].[Pb+2].[Pb+2].[Zn+2].[Zn+2]. The average Bonchev–Trinajstić information content (AvgIpc) is 2.39. The van der Waals surface area contributed by atoms with E-state index in [0.29, 0.717) is 0 Å². The van der Waals surface area contributed by atoms with Crippen LogP contribution in [0.5, 0.6) is 0 Å². The Morgan fingerprint density at radius 3 is 0.217 bits per heavy atom. The van der Waals surface area contributed by atoms with Gasteiger partial charge in [0.2, 0.25) is 0 Å². The average molecular weight is 1960 g/mol. The molecule has 0 bridgehead atoms. The maximum atomic E-state index is 8.52. The zero-order valence-electron chi connectivity index (χ0n) is 22.4. The fourth-order valence-corrected chi connectivity index (χ4v) is 0. The number of rotatable bonds is 0. The molecule has 0 saturated heterocycles. The first-order valence-electron chi connectivity index (χ1n) is 5.51. The van der Waals surface area contributed by atoms with Gasteiger partial charge in [0, 0.05) is 82.5 Å². The standard InChI is InChI=1S/2Ba.2Na.9O3Si.4Pb.2Zn/c;;;;9*1-4(2)3;;;;;;/q2*+2;2*+1;9*-2;6*+2. The van der Waals surface area contributed by atoms with E-state index in [-0.39, 0.29) is 305 Å². The van der Waals surface area contributed by atoms with Gasteiger partial charge in [-0.25, -0.2) is 0 Å². The molecule has 0 unspecified atom stereocenters. The summed E-state index contributed by atoms with van der Waals surface area (Å²) in [5.74, 6) is 0. The third-order valence-electron chi connectivity index (χ3n) is 0. The molecule has 27 nitrogen and oxygen atoms in total. The van der Waals surface area contributed by atoms with Gasteiger partial charge in [-0.05, 0) is 0 Å². The van der Waals surface area contributed by atoms with Crippen LogP contribution in [0.1, 0.15) is 0 Å². The van der Waals surface area contributed by atoms with Gasteiger partial charge in [0.25, 0.3) is 0 Å². The van der Waals surface area contributed by atoms with Gasteiger partial charge < -0.3 is 126 Å². The Morgan fingerprint density at radius 1 is 0.217 bits per heavy atom. The third kappa shape index (κ3) is 2840. The van der Waals surface area contributed by atoms with Crippen molar-refractivity contribution in [2.45, 2.75) is 0 Å². The van der Waals surface area contributed by atoms with Crippen LogP contribution in [0.25, 0.3) is 0 Å². The second-order valence-electron chi connectivity index (χ2n) is 2.25. The molecule has 0 aliphatic rings. The van der Waals surface area contributed by atoms with Gasteiger partial charge in [0.05, 0.1) is 0 Å². The van der Waals surface area contributed by atoms with Crippen LogP contribution < -0.4 is 145 Å². The molecule has 0 aromatic rings. The van der Waals surface area contributed by atoms with Gasteiger partial charge in [-0.2, -0.15) is 0 Å². The number of hydrogen-bond donors (Lipinski definition) is 0. The molecule has 0 amide bonds. The van der Waals surface area contributed by atoms with Gasteiger partial charge in [-0.15, -0.1) is 0 Å². The van der Waals surface area contributed by atoms with E-state index in [4.69, 9.17) is 126 Å². The first-order valence-corrected chi connectivity index (χ1v) is 16.5. The Kier molecular flexibility index (Phi) is 316. The van der Waals surface area contributed by atoms with E-state index in [9.17, 15) is 0 Å². The van der Waals surface area contributed by atoms with Gasteiger partial charge in [0.1, 0.15) is 0 Å². The summed E-state index contributed by atoms with van der Waals surface area (Å²) in [5, 5.41) is 0. The van der Waals surface area contributed by atoms with Crippen LogP contribution in [-0.2, 0) is 79.1 Å². The minimum Gasteiger partial charge on any atom is -0.672 e. The maximum absolute atomic E-state index is 8.52. The molecule has 0 fully saturated rings. The third-order valence-corrected chi connectivity index (χ3v) is 0. The molecule has 46 heteroatoms. The largest absolute Gasteiger partial charge is 2.00 e. The fraction of sp³-hybridized carbons (Fsp3) is 0. The van der Waals surface area contributed by atoms with Crippen molar-refractivity contribution in [1.82, 2.24) is 0 Å². The van der Waals surface area contributed by atoms with Crippen LogP contribution in [0.3, 0.4) is 0 Å². The van der Waals surface area contributed by atoms with Gasteiger partial charge >= 0.3 is 305 Å². The summed E-state index contributed by atoms with van der Waals surface area (Å²) in [6.45, 7) is 0. The normalized spacial score (nSPS) is 4.70. The molecule has 0 atom stereocenters. The van der Waals surface area contributed by atoms with Crippen molar-refractivity contribution in [3.8, 4) is 0 Å². The van der Waals surface area contributed by atoms with Crippen molar-refractivity contribution in [3.05, 3.63) is 0 Å². The molecule has 0 N–H and O–H groups in total. The molecule has 0 aromatic carbocycles. The molecule has 0 aliphatic heterocycles. The smallest absolute Gasteiger partial charge is 0.672 e. The van der Waals surface area contributed by atoms with Crippen LogP contribution in [0, 0.1) is 0 Å². The minimum atomic E-state index is -3.63. The Bertz CT molecular complexity index is 462. The Hall–Kier alpha value is 6.63. The molecular formula is Ba2Na2O27Pb4Si9Zn2. The zero-order valence-corrected chi connectivity index (χ0v) is 65.7. The molecule has 8 radical (unpaired) electrons. The van der Waals surface area contributed by atoms with Crippen molar-refractivity contribution in [3.63, 3.8) is 0 Å². The summed E-state index contributed by atoms with van der Waals surface area (Å²) in [7, 11) is -32.7. The first kappa shape index (κ1) is 124. The van der Waals surface area contributed by atoms with E-state index in [0.717, 1.165) is 0 Å². The van der Waals surface area contributed by atoms with Gasteiger partial charge in [-0.3, -0.25) is 0 Å². The molecule has 0 heterocycles. The minimum absolute atomic E-state index is 0. The summed E-state index contributed by atoms with van der Waals surface area (Å²) in [6.07, 6.45) is 0. The monoisotopic (exact) mass is 1970 g/mol. The predicted octanol–water partition coefficient (Wildman–Crippen LogP) is -34.2. The van der Waals surface area contributed by atoms with Gasteiger partial charge in [-0.1, -0.05) is 0 Å². The summed E-state index contributed by atoms with van der Waals surface area (Å²) in [6, 6.07) is 0. The van der Waals surface area contributed by atoms with Gasteiger partial charge in [0.15, 0.2) is 0 Å². The van der Waals surface area contributed by atoms with Crippen molar-refractivity contribution < 1.29 is 225 Å². The van der Waals surface area contributed by atoms with E-state index in [1.807, 2.05) is 0 Å². The zero-order chi connectivity index (χ0) is 32.2. The molecule has 224 valence electrons. The maximum Gasteiger partial charge on any atom is 2.00 e. The van der Waals surface area contributed by atoms with E-state index >= 15 is 0 Å².